The highest BCUT2D eigenvalue weighted by molar-refractivity contribution is 6.40. The van der Waals surface area contributed by atoms with Crippen molar-refractivity contribution >= 4 is 28.3 Å². The summed E-state index contributed by atoms with van der Waals surface area (Å²) in [6, 6.07) is 10.1. The zero-order valence-corrected chi connectivity index (χ0v) is 12.7. The Hall–Kier alpha value is -2.60. The van der Waals surface area contributed by atoms with E-state index in [4.69, 9.17) is 5.11 Å². The van der Waals surface area contributed by atoms with Crippen LogP contribution < -0.4 is 10.6 Å². The number of hydrogen-bond acceptors (Lipinski definition) is 4. The summed E-state index contributed by atoms with van der Waals surface area (Å²) in [5.41, 5.74) is 0.471. The Bertz CT molecular complexity index is 700. The minimum Gasteiger partial charge on any atom is -0.507 e. The van der Waals surface area contributed by atoms with Gasteiger partial charge in [0.1, 0.15) is 5.75 Å². The van der Waals surface area contributed by atoms with Gasteiger partial charge < -0.3 is 20.8 Å². The molecule has 0 saturated heterocycles. The van der Waals surface area contributed by atoms with Gasteiger partial charge >= 0.3 is 11.8 Å². The molecule has 0 aromatic heterocycles. The standard InChI is InChI=1S/C17H20N2O4/c20-11-3-1-2-10-18-16(22)17(23)19-14-8-4-7-13-12(14)6-5-9-15(13)21/h4-9,20-21H,1-3,10-11H2,(H,18,22)(H,19,23). The molecule has 0 saturated carbocycles. The summed E-state index contributed by atoms with van der Waals surface area (Å²) < 4.78 is 0. The van der Waals surface area contributed by atoms with Crippen LogP contribution in [0.25, 0.3) is 10.8 Å². The number of phenolic OH excluding ortho intramolecular Hbond substituents is 1. The SMILES string of the molecule is O=C(NCCCCCO)C(=O)Nc1cccc2c(O)cccc12. The van der Waals surface area contributed by atoms with Gasteiger partial charge in [-0.1, -0.05) is 24.3 Å². The van der Waals surface area contributed by atoms with E-state index in [0.717, 1.165) is 6.42 Å². The van der Waals surface area contributed by atoms with Crippen LogP contribution in [0, 0.1) is 0 Å². The molecule has 0 aliphatic rings. The predicted octanol–water partition coefficient (Wildman–Crippen LogP) is 1.76. The van der Waals surface area contributed by atoms with E-state index in [1.54, 1.807) is 36.4 Å². The molecule has 0 heterocycles. The number of carbonyl (C=O) groups excluding carboxylic acids is 2. The van der Waals surface area contributed by atoms with E-state index in [2.05, 4.69) is 10.6 Å². The normalized spacial score (nSPS) is 10.5. The van der Waals surface area contributed by atoms with Crippen molar-refractivity contribution in [3.05, 3.63) is 36.4 Å². The number of amides is 2. The average molecular weight is 316 g/mol. The van der Waals surface area contributed by atoms with Crippen molar-refractivity contribution in [3.8, 4) is 5.75 Å². The molecule has 4 N–H and O–H groups in total. The van der Waals surface area contributed by atoms with Crippen LogP contribution in [0.1, 0.15) is 19.3 Å². The van der Waals surface area contributed by atoms with Crippen LogP contribution in [0.15, 0.2) is 36.4 Å². The summed E-state index contributed by atoms with van der Waals surface area (Å²) in [5.74, 6) is -1.33. The van der Waals surface area contributed by atoms with Crippen LogP contribution in [0.4, 0.5) is 5.69 Å². The predicted molar refractivity (Wildman–Crippen MR) is 88.2 cm³/mol. The molecule has 0 fully saturated rings. The second-order valence-electron chi connectivity index (χ2n) is 5.17. The van der Waals surface area contributed by atoms with Gasteiger partial charge in [-0.15, -0.1) is 0 Å². The Labute approximate surface area is 134 Å². The summed E-state index contributed by atoms with van der Waals surface area (Å²) in [4.78, 5) is 23.7. The van der Waals surface area contributed by atoms with Gasteiger partial charge in [0.25, 0.3) is 0 Å². The number of unbranched alkanes of at least 4 members (excludes halogenated alkanes) is 2. The van der Waals surface area contributed by atoms with E-state index in [1.807, 2.05) is 0 Å². The minimum absolute atomic E-state index is 0.118. The lowest BCUT2D eigenvalue weighted by Gasteiger charge is -2.09. The number of benzene rings is 2. The molecule has 2 rings (SSSR count). The first-order valence-electron chi connectivity index (χ1n) is 7.54. The maximum Gasteiger partial charge on any atom is 0.313 e. The van der Waals surface area contributed by atoms with E-state index in [9.17, 15) is 14.7 Å². The Kier molecular flexibility index (Phi) is 5.94. The van der Waals surface area contributed by atoms with Crippen molar-refractivity contribution < 1.29 is 19.8 Å². The van der Waals surface area contributed by atoms with Crippen LogP contribution in [-0.4, -0.2) is 35.2 Å². The van der Waals surface area contributed by atoms with Crippen LogP contribution in [-0.2, 0) is 9.59 Å². The molecule has 0 aliphatic carbocycles. The molecule has 2 aromatic carbocycles. The number of phenols is 1. The molecule has 0 unspecified atom stereocenters. The number of fused-ring (bicyclic) bond motifs is 1. The number of nitrogens with one attached hydrogen (secondary N) is 2. The molecular formula is C17H20N2O4. The van der Waals surface area contributed by atoms with Gasteiger partial charge in [-0.25, -0.2) is 0 Å². The number of hydrogen-bond donors (Lipinski definition) is 4. The fourth-order valence-electron chi connectivity index (χ4n) is 2.28. The van der Waals surface area contributed by atoms with Crippen molar-refractivity contribution in [1.29, 1.82) is 0 Å². The molecule has 0 radical (unpaired) electrons. The molecule has 122 valence electrons. The Morgan fingerprint density at radius 2 is 1.65 bits per heavy atom. The van der Waals surface area contributed by atoms with E-state index in [0.29, 0.717) is 35.8 Å². The van der Waals surface area contributed by atoms with Crippen LogP contribution in [0.3, 0.4) is 0 Å². The summed E-state index contributed by atoms with van der Waals surface area (Å²) >= 11 is 0. The molecule has 2 aromatic rings. The summed E-state index contributed by atoms with van der Waals surface area (Å²) in [5, 5.41) is 24.9. The third-order valence-corrected chi connectivity index (χ3v) is 3.47. The van der Waals surface area contributed by atoms with Crippen LogP contribution in [0.2, 0.25) is 0 Å². The van der Waals surface area contributed by atoms with Gasteiger partial charge in [0.15, 0.2) is 0 Å². The average Bonchev–Trinajstić information content (AvgIpc) is 2.55. The van der Waals surface area contributed by atoms with Crippen molar-refractivity contribution in [2.75, 3.05) is 18.5 Å². The number of carbonyl (C=O) groups is 2. The Morgan fingerprint density at radius 3 is 2.43 bits per heavy atom. The van der Waals surface area contributed by atoms with Gasteiger partial charge in [0, 0.05) is 29.6 Å². The second-order valence-corrected chi connectivity index (χ2v) is 5.17. The summed E-state index contributed by atoms with van der Waals surface area (Å²) in [6.07, 6.45) is 2.18. The van der Waals surface area contributed by atoms with Crippen molar-refractivity contribution in [2.24, 2.45) is 0 Å². The zero-order chi connectivity index (χ0) is 16.7. The van der Waals surface area contributed by atoms with Gasteiger partial charge in [-0.2, -0.15) is 0 Å². The smallest absolute Gasteiger partial charge is 0.313 e. The first kappa shape index (κ1) is 16.8. The molecule has 6 heteroatoms. The highest BCUT2D eigenvalue weighted by atomic mass is 16.3. The zero-order valence-electron chi connectivity index (χ0n) is 12.7. The van der Waals surface area contributed by atoms with E-state index in [1.165, 1.54) is 0 Å². The van der Waals surface area contributed by atoms with Crippen molar-refractivity contribution in [2.45, 2.75) is 19.3 Å². The van der Waals surface area contributed by atoms with Crippen molar-refractivity contribution in [3.63, 3.8) is 0 Å². The third-order valence-electron chi connectivity index (χ3n) is 3.47. The first-order chi connectivity index (χ1) is 11.1. The Balaban J connectivity index is 1.98. The monoisotopic (exact) mass is 316 g/mol. The summed E-state index contributed by atoms with van der Waals surface area (Å²) in [6.45, 7) is 0.519. The summed E-state index contributed by atoms with van der Waals surface area (Å²) in [7, 11) is 0. The van der Waals surface area contributed by atoms with Crippen molar-refractivity contribution in [1.82, 2.24) is 5.32 Å². The topological polar surface area (TPSA) is 98.7 Å². The molecule has 0 bridgehead atoms. The lowest BCUT2D eigenvalue weighted by Crippen LogP contribution is -2.35. The van der Waals surface area contributed by atoms with Crippen LogP contribution >= 0.6 is 0 Å². The fourth-order valence-corrected chi connectivity index (χ4v) is 2.28. The number of aliphatic hydroxyl groups is 1. The maximum absolute atomic E-state index is 11.9. The Morgan fingerprint density at radius 1 is 0.913 bits per heavy atom. The number of anilines is 1. The van der Waals surface area contributed by atoms with E-state index >= 15 is 0 Å². The molecule has 6 nitrogen and oxygen atoms in total. The van der Waals surface area contributed by atoms with Gasteiger partial charge in [-0.05, 0) is 31.4 Å². The van der Waals surface area contributed by atoms with E-state index in [-0.39, 0.29) is 12.4 Å². The number of rotatable bonds is 6. The van der Waals surface area contributed by atoms with E-state index < -0.39 is 11.8 Å². The molecule has 23 heavy (non-hydrogen) atoms. The highest BCUT2D eigenvalue weighted by Gasteiger charge is 2.14. The first-order valence-corrected chi connectivity index (χ1v) is 7.54. The molecule has 2 amide bonds. The second kappa shape index (κ2) is 8.14. The van der Waals surface area contributed by atoms with Gasteiger partial charge in [0.2, 0.25) is 0 Å². The molecule has 0 atom stereocenters. The number of aromatic hydroxyl groups is 1. The van der Waals surface area contributed by atoms with Gasteiger partial charge in [0.05, 0.1) is 0 Å². The largest absolute Gasteiger partial charge is 0.507 e. The number of aliphatic hydroxyl groups excluding tert-OH is 1. The third kappa shape index (κ3) is 4.43. The quantitative estimate of drug-likeness (QED) is 0.482. The fraction of sp³-hybridized carbons (Fsp3) is 0.294. The molecular weight excluding hydrogens is 296 g/mol. The van der Waals surface area contributed by atoms with Crippen LogP contribution in [0.5, 0.6) is 5.75 Å². The molecule has 0 aliphatic heterocycles. The molecule has 0 spiro atoms. The highest BCUT2D eigenvalue weighted by Crippen LogP contribution is 2.29. The lowest BCUT2D eigenvalue weighted by molar-refractivity contribution is -0.136. The minimum atomic E-state index is -0.747. The van der Waals surface area contributed by atoms with Gasteiger partial charge in [-0.3, -0.25) is 9.59 Å². The lowest BCUT2D eigenvalue weighted by atomic mass is 10.1. The maximum atomic E-state index is 11.9.